The molecule has 0 atom stereocenters. The molecule has 0 fully saturated rings. The molecule has 0 aliphatic heterocycles. The maximum atomic E-state index is 11.0. The predicted octanol–water partition coefficient (Wildman–Crippen LogP) is 14.9. The minimum absolute atomic E-state index is 0. The molecular weight excluding hydrogens is 1200 g/mol. The van der Waals surface area contributed by atoms with Crippen molar-refractivity contribution >= 4 is 18.6 Å². The third kappa shape index (κ3) is 64.7. The minimum Gasteiger partial charge on any atom is -0.519 e. The Morgan fingerprint density at radius 3 is 1.50 bits per heavy atom. The van der Waals surface area contributed by atoms with Crippen molar-refractivity contribution < 1.29 is 86.0 Å². The second-order valence-electron chi connectivity index (χ2n) is 15.2. The Labute approximate surface area is 421 Å². The molecule has 0 saturated carbocycles. The maximum absolute atomic E-state index is 11.0. The fourth-order valence-corrected chi connectivity index (χ4v) is 5.84. The molecule has 348 valence electrons. The van der Waals surface area contributed by atoms with Gasteiger partial charge in [0.25, 0.3) is 0 Å². The van der Waals surface area contributed by atoms with Crippen LogP contribution in [0.2, 0.25) is 0 Å². The van der Waals surface area contributed by atoms with E-state index in [1.807, 2.05) is 0 Å². The van der Waals surface area contributed by atoms with Crippen molar-refractivity contribution in [2.24, 2.45) is 5.92 Å². The van der Waals surface area contributed by atoms with Crippen LogP contribution in [0.3, 0.4) is 0 Å². The van der Waals surface area contributed by atoms with Crippen LogP contribution in [0.15, 0.2) is 24.3 Å². The summed E-state index contributed by atoms with van der Waals surface area (Å²) in [6, 6.07) is 0. The van der Waals surface area contributed by atoms with E-state index >= 15 is 0 Å². The quantitative estimate of drug-likeness (QED) is 0.0158. The Kier molecular flexibility index (Phi) is 73.0. The average Bonchev–Trinajstić information content (AvgIpc) is 3.23. The van der Waals surface area contributed by atoms with Gasteiger partial charge in [-0.3, -0.25) is 5.92 Å². The fourth-order valence-electron chi connectivity index (χ4n) is 5.84. The molecule has 0 spiro atoms. The van der Waals surface area contributed by atoms with Gasteiger partial charge in [-0.05, 0) is 70.9 Å². The Morgan fingerprint density at radius 1 is 0.567 bits per heavy atom. The van der Waals surface area contributed by atoms with E-state index in [1.54, 1.807) is 0 Å². The SMILES string of the molecule is CCCCC/C=C\C/C=C\CCCCCCC[C-]=N.CCCCCCCCOC(CC[C-]=N)OCCCCCCCC.[CH2-]C([CH2-])COC(=O)OCCCN(CC)CC.[U+2].[U+2]. The van der Waals surface area contributed by atoms with Crippen molar-refractivity contribution in [1.82, 2.24) is 4.90 Å². The molecule has 0 aromatic heterocycles. The summed E-state index contributed by atoms with van der Waals surface area (Å²) in [5.41, 5.74) is 0. The minimum atomic E-state index is -0.628. The van der Waals surface area contributed by atoms with Crippen LogP contribution in [0.1, 0.15) is 208 Å². The number of unbranched alkanes of at least 4 members (excludes halogenated alkanes) is 19. The first-order chi connectivity index (χ1) is 28.4. The van der Waals surface area contributed by atoms with E-state index in [4.69, 9.17) is 29.8 Å². The molecule has 2 N–H and O–H groups in total. The first kappa shape index (κ1) is 69.1. The summed E-state index contributed by atoms with van der Waals surface area (Å²) in [5, 5.41) is 13.9. The summed E-state index contributed by atoms with van der Waals surface area (Å²) in [6.07, 6.45) is 45.7. The van der Waals surface area contributed by atoms with Crippen LogP contribution in [-0.4, -0.2) is 75.8 Å². The Morgan fingerprint density at radius 2 is 1.02 bits per heavy atom. The van der Waals surface area contributed by atoms with Crippen LogP contribution in [0.25, 0.3) is 0 Å². The molecule has 10 heteroatoms. The fraction of sp³-hybridized carbons (Fsp3) is 0.820. The van der Waals surface area contributed by atoms with Gasteiger partial charge < -0.3 is 60.9 Å². The van der Waals surface area contributed by atoms with Gasteiger partial charge in [0, 0.05) is 26.4 Å². The molecule has 0 saturated heterocycles. The molecule has 0 rings (SSSR count). The van der Waals surface area contributed by atoms with Crippen molar-refractivity contribution in [3.63, 3.8) is 0 Å². The van der Waals surface area contributed by atoms with Crippen LogP contribution in [0.4, 0.5) is 4.79 Å². The summed E-state index contributed by atoms with van der Waals surface area (Å²) in [6.45, 7) is 23.3. The second-order valence-corrected chi connectivity index (χ2v) is 15.2. The zero-order valence-electron chi connectivity index (χ0n) is 39.9. The zero-order valence-corrected chi connectivity index (χ0v) is 48.2. The van der Waals surface area contributed by atoms with Crippen molar-refractivity contribution in [3.05, 3.63) is 38.2 Å². The van der Waals surface area contributed by atoms with Crippen LogP contribution in [0, 0.1) is 92.8 Å². The van der Waals surface area contributed by atoms with Crippen molar-refractivity contribution in [2.75, 3.05) is 46.1 Å². The number of allylic oxidation sites excluding steroid dienone is 4. The third-order valence-corrected chi connectivity index (χ3v) is 9.53. The van der Waals surface area contributed by atoms with Gasteiger partial charge in [-0.15, -0.1) is 0 Å². The van der Waals surface area contributed by atoms with E-state index in [2.05, 4.69) is 90.1 Å². The Hall–Kier alpha value is 0.0739. The van der Waals surface area contributed by atoms with Gasteiger partial charge in [-0.25, -0.2) is 4.79 Å². The zero-order chi connectivity index (χ0) is 43.4. The first-order valence-corrected chi connectivity index (χ1v) is 23.9. The maximum Gasteiger partial charge on any atom is 2.00 e. The molecular formula is C50H95N3O5U2. The predicted molar refractivity (Wildman–Crippen MR) is 250 cm³/mol. The molecule has 8 nitrogen and oxygen atoms in total. The average molecular weight is 1290 g/mol. The number of carbonyl (C=O) groups excluding carboxylic acids is 1. The summed E-state index contributed by atoms with van der Waals surface area (Å²) >= 11 is 0. The Bertz CT molecular complexity index is 857. The van der Waals surface area contributed by atoms with Crippen LogP contribution in [-0.2, 0) is 18.9 Å². The van der Waals surface area contributed by atoms with Gasteiger partial charge in [0.15, 0.2) is 6.29 Å². The molecule has 0 aliphatic carbocycles. The monoisotopic (exact) mass is 1290 g/mol. The van der Waals surface area contributed by atoms with Crippen LogP contribution < -0.4 is 0 Å². The number of nitrogens with zero attached hydrogens (tertiary/aromatic N) is 1. The van der Waals surface area contributed by atoms with Gasteiger partial charge in [0.2, 0.25) is 0 Å². The standard InChI is InChI=1S/C20H40NO2.C18H32N.C12H23NO3.2U/c1-3-5-7-9-11-13-18-22-20(16-15-17-21)23-19-14-12-10-8-6-4-2;1-2-3-4-5-6-7-8-9-10-11-12-13-14-15-16-17-18-19;1-5-13(6-2)8-7-9-15-12(14)16-10-11(3)4;;/h20-21H,3-16,18-19H2,1-2H3;6-7,9-10,19H,2-5,8,11-17H2,1H3;11H,3-10H2,1-2H3;;/q2*-1;-2;2*+2/b;7-6-,10-9-;;;. The molecule has 0 aromatic carbocycles. The molecule has 0 aliphatic rings. The molecule has 0 bridgehead atoms. The largest absolute Gasteiger partial charge is 2.00 e. The number of hydrogen-bond acceptors (Lipinski definition) is 8. The van der Waals surface area contributed by atoms with E-state index in [0.29, 0.717) is 13.0 Å². The normalized spacial score (nSPS) is 10.9. The van der Waals surface area contributed by atoms with Crippen LogP contribution in [0.5, 0.6) is 0 Å². The van der Waals surface area contributed by atoms with Gasteiger partial charge in [-0.1, -0.05) is 162 Å². The molecule has 0 heterocycles. The second kappa shape index (κ2) is 63.4. The molecule has 60 heavy (non-hydrogen) atoms. The smallest absolute Gasteiger partial charge is 0.519 e. The van der Waals surface area contributed by atoms with Gasteiger partial charge in [0.1, 0.15) is 0 Å². The van der Waals surface area contributed by atoms with E-state index in [-0.39, 0.29) is 81.0 Å². The van der Waals surface area contributed by atoms with E-state index in [1.165, 1.54) is 122 Å². The molecule has 0 aromatic rings. The summed E-state index contributed by atoms with van der Waals surface area (Å²) < 4.78 is 21.4. The van der Waals surface area contributed by atoms with E-state index in [9.17, 15) is 4.79 Å². The number of nitrogens with one attached hydrogen (secondary N) is 2. The van der Waals surface area contributed by atoms with E-state index in [0.717, 1.165) is 77.8 Å². The van der Waals surface area contributed by atoms with Gasteiger partial charge >= 0.3 is 68.4 Å². The van der Waals surface area contributed by atoms with Gasteiger partial charge in [-0.2, -0.15) is 12.8 Å². The van der Waals surface area contributed by atoms with E-state index < -0.39 is 6.16 Å². The van der Waals surface area contributed by atoms with Crippen molar-refractivity contribution in [2.45, 2.75) is 214 Å². The van der Waals surface area contributed by atoms with Crippen LogP contribution >= 0.6 is 0 Å². The summed E-state index contributed by atoms with van der Waals surface area (Å²) in [7, 11) is 0. The summed E-state index contributed by atoms with van der Waals surface area (Å²) in [4.78, 5) is 13.3. The van der Waals surface area contributed by atoms with Crippen molar-refractivity contribution in [3.8, 4) is 0 Å². The Balaban J connectivity index is -0.000000252. The number of rotatable bonds is 41. The molecule has 0 amide bonds. The third-order valence-electron chi connectivity index (χ3n) is 9.53. The first-order valence-electron chi connectivity index (χ1n) is 23.9. The topological polar surface area (TPSA) is 105 Å². The molecule has 0 unspecified atom stereocenters. The number of carbonyl (C=O) groups is 1. The molecule has 0 radical (unpaired) electrons. The number of ether oxygens (including phenoxy) is 4. The summed E-state index contributed by atoms with van der Waals surface area (Å²) in [5.74, 6) is -0.150. The van der Waals surface area contributed by atoms with Gasteiger partial charge in [0.05, 0.1) is 6.61 Å². The van der Waals surface area contributed by atoms with Crippen molar-refractivity contribution in [1.29, 1.82) is 10.8 Å². The number of hydrogen-bond donors (Lipinski definition) is 2.